The highest BCUT2D eigenvalue weighted by atomic mass is 32.2. The Kier molecular flexibility index (Phi) is 11.1. The van der Waals surface area contributed by atoms with Gasteiger partial charge in [0.15, 0.2) is 9.84 Å². The zero-order valence-corrected chi connectivity index (χ0v) is 25.7. The number of sulfone groups is 1. The maximum Gasteiger partial charge on any atom is 0.391 e. The van der Waals surface area contributed by atoms with E-state index < -0.39 is 46.4 Å². The number of benzene rings is 2. The van der Waals surface area contributed by atoms with Crippen LogP contribution in [0.1, 0.15) is 66.4 Å². The molecular formula is C31H37F5N4O4S. The van der Waals surface area contributed by atoms with Crippen LogP contribution in [0.15, 0.2) is 47.4 Å². The lowest BCUT2D eigenvalue weighted by Gasteiger charge is -2.46. The van der Waals surface area contributed by atoms with Crippen molar-refractivity contribution in [3.63, 3.8) is 0 Å². The summed E-state index contributed by atoms with van der Waals surface area (Å²) in [4.78, 5) is 16.5. The van der Waals surface area contributed by atoms with Crippen molar-refractivity contribution >= 4 is 21.4 Å². The number of anilines is 1. The van der Waals surface area contributed by atoms with Gasteiger partial charge in [-0.2, -0.15) is 27.2 Å². The van der Waals surface area contributed by atoms with Crippen LogP contribution in [0.4, 0.5) is 27.6 Å². The van der Waals surface area contributed by atoms with Crippen LogP contribution in [0.25, 0.3) is 0 Å². The number of carbonyl (C=O) groups is 1. The second-order valence-corrected chi connectivity index (χ2v) is 13.8. The molecule has 0 spiro atoms. The first-order valence-electron chi connectivity index (χ1n) is 14.9. The van der Waals surface area contributed by atoms with Crippen LogP contribution < -0.4 is 10.6 Å². The minimum atomic E-state index is -4.24. The first-order valence-corrected chi connectivity index (χ1v) is 16.5. The van der Waals surface area contributed by atoms with E-state index in [0.29, 0.717) is 36.2 Å². The van der Waals surface area contributed by atoms with Gasteiger partial charge in [-0.15, -0.1) is 0 Å². The van der Waals surface area contributed by atoms with E-state index >= 15 is 0 Å². The van der Waals surface area contributed by atoms with Crippen LogP contribution >= 0.6 is 0 Å². The Labute approximate surface area is 259 Å². The van der Waals surface area contributed by atoms with Gasteiger partial charge in [-0.25, -0.2) is 8.42 Å². The molecule has 2 N–H and O–H groups in total. The Hall–Kier alpha value is -3.28. The fourth-order valence-electron chi connectivity index (χ4n) is 6.39. The van der Waals surface area contributed by atoms with Crippen molar-refractivity contribution in [1.29, 1.82) is 5.26 Å². The number of rotatable bonds is 11. The topological polar surface area (TPSA) is 117 Å². The molecule has 2 heterocycles. The van der Waals surface area contributed by atoms with E-state index in [-0.39, 0.29) is 61.2 Å². The van der Waals surface area contributed by atoms with Crippen LogP contribution in [0, 0.1) is 17.2 Å². The van der Waals surface area contributed by atoms with E-state index in [0.717, 1.165) is 0 Å². The van der Waals surface area contributed by atoms with Crippen molar-refractivity contribution in [3.05, 3.63) is 59.2 Å². The Morgan fingerprint density at radius 1 is 1.09 bits per heavy atom. The normalized spacial score (nSPS) is 21.1. The molecule has 0 radical (unpaired) electrons. The van der Waals surface area contributed by atoms with E-state index in [1.807, 2.05) is 9.80 Å². The second-order valence-electron chi connectivity index (χ2n) is 11.5. The highest BCUT2D eigenvalue weighted by Crippen LogP contribution is 2.38. The molecule has 0 aliphatic carbocycles. The van der Waals surface area contributed by atoms with Crippen LogP contribution in [-0.2, 0) is 14.6 Å². The van der Waals surface area contributed by atoms with Crippen LogP contribution in [0.5, 0.6) is 0 Å². The molecule has 14 heteroatoms. The molecule has 2 saturated heterocycles. The van der Waals surface area contributed by atoms with E-state index in [4.69, 9.17) is 5.73 Å². The number of amides is 1. The molecule has 0 unspecified atom stereocenters. The Balaban J connectivity index is 1.69. The van der Waals surface area contributed by atoms with Crippen molar-refractivity contribution < 1.29 is 39.9 Å². The van der Waals surface area contributed by atoms with Crippen molar-refractivity contribution in [3.8, 4) is 6.07 Å². The van der Waals surface area contributed by atoms with Gasteiger partial charge in [0.2, 0.25) is 5.91 Å². The summed E-state index contributed by atoms with van der Waals surface area (Å²) in [6.07, 6.45) is -3.31. The van der Waals surface area contributed by atoms with E-state index in [1.165, 1.54) is 25.1 Å². The molecule has 2 aromatic carbocycles. The molecular weight excluding hydrogens is 619 g/mol. The number of hydrogen-bond donors (Lipinski definition) is 1. The zero-order chi connectivity index (χ0) is 32.9. The lowest BCUT2D eigenvalue weighted by molar-refractivity contribution is -0.186. The first-order chi connectivity index (χ1) is 21.2. The molecule has 0 aromatic heterocycles. The molecule has 45 heavy (non-hydrogen) atoms. The van der Waals surface area contributed by atoms with Crippen molar-refractivity contribution in [2.24, 2.45) is 11.7 Å². The molecule has 2 aromatic rings. The highest BCUT2D eigenvalue weighted by Gasteiger charge is 2.43. The van der Waals surface area contributed by atoms with E-state index in [1.54, 1.807) is 24.3 Å². The number of primary amides is 1. The predicted molar refractivity (Wildman–Crippen MR) is 158 cm³/mol. The van der Waals surface area contributed by atoms with Gasteiger partial charge in [0.1, 0.15) is 0 Å². The summed E-state index contributed by atoms with van der Waals surface area (Å²) in [5, 5.41) is 9.70. The number of nitriles is 1. The Morgan fingerprint density at radius 2 is 1.76 bits per heavy atom. The SMILES string of the molecule is CCS(=O)(=O)c1ccc([C@H](CC#N)c2cc(N3C[C@@H](N4CCC(C(F)(F)F)CC4)CC[C@H]3COC(F)F)ccc2C(N)=O)cc1. The lowest BCUT2D eigenvalue weighted by Crippen LogP contribution is -2.55. The third kappa shape index (κ3) is 8.31. The molecule has 4 rings (SSSR count). The van der Waals surface area contributed by atoms with Gasteiger partial charge in [0.25, 0.3) is 0 Å². The highest BCUT2D eigenvalue weighted by molar-refractivity contribution is 7.91. The summed E-state index contributed by atoms with van der Waals surface area (Å²) in [5.74, 6) is -2.85. The summed E-state index contributed by atoms with van der Waals surface area (Å²) >= 11 is 0. The summed E-state index contributed by atoms with van der Waals surface area (Å²) < 4.78 is 95.3. The molecule has 2 fully saturated rings. The number of nitrogens with zero attached hydrogens (tertiary/aromatic N) is 3. The largest absolute Gasteiger partial charge is 0.391 e. The van der Waals surface area contributed by atoms with Gasteiger partial charge in [-0.1, -0.05) is 19.1 Å². The molecule has 0 saturated carbocycles. The molecule has 8 nitrogen and oxygen atoms in total. The summed E-state index contributed by atoms with van der Waals surface area (Å²) in [6.45, 7) is -0.889. The van der Waals surface area contributed by atoms with Crippen molar-refractivity contribution in [1.82, 2.24) is 4.90 Å². The number of halogens is 5. The Morgan fingerprint density at radius 3 is 2.31 bits per heavy atom. The fraction of sp³-hybridized carbons (Fsp3) is 0.548. The number of nitrogens with two attached hydrogens (primary N) is 1. The maximum atomic E-state index is 13.3. The van der Waals surface area contributed by atoms with Crippen LogP contribution in [0.2, 0.25) is 0 Å². The third-order valence-corrected chi connectivity index (χ3v) is 10.7. The van der Waals surface area contributed by atoms with Gasteiger partial charge in [0, 0.05) is 36.2 Å². The molecule has 3 atom stereocenters. The van der Waals surface area contributed by atoms with Gasteiger partial charge in [0.05, 0.1) is 35.3 Å². The number of carbonyl (C=O) groups excluding carboxylic acids is 1. The number of ether oxygens (including phenoxy) is 1. The van der Waals surface area contributed by atoms with Crippen LogP contribution in [-0.4, -0.2) is 76.1 Å². The molecule has 2 aliphatic heterocycles. The zero-order valence-electron chi connectivity index (χ0n) is 24.8. The number of piperidine rings is 2. The first kappa shape index (κ1) is 34.6. The fourth-order valence-corrected chi connectivity index (χ4v) is 7.27. The quantitative estimate of drug-likeness (QED) is 0.319. The third-order valence-electron chi connectivity index (χ3n) is 8.93. The monoisotopic (exact) mass is 656 g/mol. The standard InChI is InChI=1S/C31H37F5N4O4S/c1-2-45(42,43)25-8-3-20(4-9-25)26(11-14-37)28-17-22(7-10-27(28)29(38)41)40-18-23(5-6-24(40)19-44-30(32)33)39-15-12-21(13-16-39)31(34,35)36/h3-4,7-10,17,21,23-24,26,30H,2,5-6,11-13,15-16,18-19H2,1H3,(H2,38,41)/t23-,24-,26-/m0/s1. The van der Waals surface area contributed by atoms with Gasteiger partial charge in [-0.05, 0) is 80.2 Å². The predicted octanol–water partition coefficient (Wildman–Crippen LogP) is 5.48. The summed E-state index contributed by atoms with van der Waals surface area (Å²) in [6, 6.07) is 12.4. The van der Waals surface area contributed by atoms with E-state index in [2.05, 4.69) is 10.8 Å². The Bertz CT molecular complexity index is 1470. The average Bonchev–Trinajstić information content (AvgIpc) is 3.02. The van der Waals surface area contributed by atoms with Crippen molar-refractivity contribution in [2.45, 2.75) is 74.7 Å². The minimum absolute atomic E-state index is 0.0104. The number of alkyl halides is 5. The van der Waals surface area contributed by atoms with Gasteiger partial charge < -0.3 is 15.4 Å². The van der Waals surface area contributed by atoms with E-state index in [9.17, 15) is 40.4 Å². The lowest BCUT2D eigenvalue weighted by atomic mass is 9.85. The van der Waals surface area contributed by atoms with Gasteiger partial charge in [-0.3, -0.25) is 9.69 Å². The molecule has 2 aliphatic rings. The van der Waals surface area contributed by atoms with Crippen molar-refractivity contribution in [2.75, 3.05) is 36.9 Å². The second kappa shape index (κ2) is 14.4. The van der Waals surface area contributed by atoms with Gasteiger partial charge >= 0.3 is 12.8 Å². The van der Waals surface area contributed by atoms with Crippen LogP contribution in [0.3, 0.4) is 0 Å². The maximum absolute atomic E-state index is 13.3. The summed E-state index contributed by atoms with van der Waals surface area (Å²) in [5.41, 5.74) is 7.41. The molecule has 0 bridgehead atoms. The minimum Gasteiger partial charge on any atom is -0.366 e. The summed E-state index contributed by atoms with van der Waals surface area (Å²) in [7, 11) is -3.47. The number of hydrogen-bond acceptors (Lipinski definition) is 7. The number of likely N-dealkylation sites (tertiary alicyclic amines) is 1. The smallest absolute Gasteiger partial charge is 0.366 e. The molecule has 246 valence electrons. The molecule has 1 amide bonds. The average molecular weight is 657 g/mol.